The number of aromatic nitrogens is 1. The van der Waals surface area contributed by atoms with Crippen molar-refractivity contribution in [3.05, 3.63) is 42.3 Å². The molecule has 3 heterocycles. The van der Waals surface area contributed by atoms with E-state index in [0.717, 1.165) is 30.5 Å². The highest BCUT2D eigenvalue weighted by Crippen LogP contribution is 2.45. The summed E-state index contributed by atoms with van der Waals surface area (Å²) in [5, 5.41) is 6.66. The number of hydrogen-bond donors (Lipinski definition) is 2. The van der Waals surface area contributed by atoms with E-state index >= 15 is 0 Å². The highest BCUT2D eigenvalue weighted by Gasteiger charge is 2.54. The van der Waals surface area contributed by atoms with E-state index in [1.54, 1.807) is 6.26 Å². The molecule has 0 radical (unpaired) electrons. The second kappa shape index (κ2) is 6.06. The Morgan fingerprint density at radius 2 is 2.21 bits per heavy atom. The van der Waals surface area contributed by atoms with Crippen molar-refractivity contribution in [1.29, 1.82) is 0 Å². The second-order valence-corrected chi connectivity index (χ2v) is 6.90. The second-order valence-electron chi connectivity index (χ2n) is 6.90. The van der Waals surface area contributed by atoms with Crippen LogP contribution in [0.4, 0.5) is 0 Å². The fraction of sp³-hybridized carbons (Fsp3) is 0.474. The molecular weight excluding hydrogens is 302 g/mol. The molecule has 5 heteroatoms. The summed E-state index contributed by atoms with van der Waals surface area (Å²) in [4.78, 5) is 17.3. The zero-order chi connectivity index (χ0) is 16.6. The Labute approximate surface area is 141 Å². The van der Waals surface area contributed by atoms with E-state index in [0.29, 0.717) is 24.5 Å². The van der Waals surface area contributed by atoms with Gasteiger partial charge >= 0.3 is 0 Å². The number of carbonyl (C=O) groups excluding carboxylic acids is 1. The molecule has 0 unspecified atom stereocenters. The Hall–Kier alpha value is -2.14. The number of rotatable bonds is 5. The first kappa shape index (κ1) is 15.4. The summed E-state index contributed by atoms with van der Waals surface area (Å²) in [5.41, 5.74) is 1.44. The molecule has 2 aromatic rings. The zero-order valence-corrected chi connectivity index (χ0v) is 13.9. The SMILES string of the molecule is CC[C@@]1(C(=O)NCc2coc(-c3ccccc3)n2)C[C@@H]2CC[C@H]1N2. The molecule has 1 aromatic heterocycles. The van der Waals surface area contributed by atoms with Gasteiger partial charge in [-0.3, -0.25) is 4.79 Å². The van der Waals surface area contributed by atoms with Crippen molar-refractivity contribution in [2.45, 2.75) is 51.2 Å². The number of benzene rings is 1. The average Bonchev–Trinajstić information content (AvgIpc) is 3.36. The first-order valence-corrected chi connectivity index (χ1v) is 8.75. The molecule has 1 aromatic carbocycles. The van der Waals surface area contributed by atoms with Crippen LogP contribution in [0.1, 0.15) is 38.3 Å². The zero-order valence-electron chi connectivity index (χ0n) is 13.9. The predicted octanol–water partition coefficient (Wildman–Crippen LogP) is 2.88. The van der Waals surface area contributed by atoms with Gasteiger partial charge in [-0.25, -0.2) is 4.98 Å². The normalized spacial score (nSPS) is 28.2. The van der Waals surface area contributed by atoms with Crippen LogP contribution >= 0.6 is 0 Å². The molecule has 24 heavy (non-hydrogen) atoms. The third-order valence-electron chi connectivity index (χ3n) is 5.60. The van der Waals surface area contributed by atoms with E-state index in [4.69, 9.17) is 4.42 Å². The molecular formula is C19H23N3O2. The van der Waals surface area contributed by atoms with E-state index in [-0.39, 0.29) is 11.3 Å². The Morgan fingerprint density at radius 1 is 1.38 bits per heavy atom. The van der Waals surface area contributed by atoms with Crippen LogP contribution in [-0.2, 0) is 11.3 Å². The first-order valence-electron chi connectivity index (χ1n) is 8.75. The maximum absolute atomic E-state index is 12.8. The molecule has 2 aliphatic rings. The lowest BCUT2D eigenvalue weighted by molar-refractivity contribution is -0.132. The third-order valence-corrected chi connectivity index (χ3v) is 5.60. The number of fused-ring (bicyclic) bond motifs is 2. The fourth-order valence-corrected chi connectivity index (χ4v) is 4.25. The first-order chi connectivity index (χ1) is 11.7. The molecule has 2 fully saturated rings. The third kappa shape index (κ3) is 2.53. The number of nitrogens with one attached hydrogen (secondary N) is 2. The summed E-state index contributed by atoms with van der Waals surface area (Å²) in [6.07, 6.45) is 5.76. The van der Waals surface area contributed by atoms with E-state index in [9.17, 15) is 4.79 Å². The van der Waals surface area contributed by atoms with Gasteiger partial charge in [-0.05, 0) is 37.8 Å². The van der Waals surface area contributed by atoms with Crippen LogP contribution in [0.3, 0.4) is 0 Å². The number of oxazole rings is 1. The van der Waals surface area contributed by atoms with Crippen LogP contribution in [0.5, 0.6) is 0 Å². The summed E-state index contributed by atoms with van der Waals surface area (Å²) in [7, 11) is 0. The molecule has 2 N–H and O–H groups in total. The quantitative estimate of drug-likeness (QED) is 0.887. The summed E-state index contributed by atoms with van der Waals surface area (Å²) >= 11 is 0. The summed E-state index contributed by atoms with van der Waals surface area (Å²) in [5.74, 6) is 0.737. The average molecular weight is 325 g/mol. The Bertz CT molecular complexity index is 727. The fourth-order valence-electron chi connectivity index (χ4n) is 4.25. The van der Waals surface area contributed by atoms with E-state index < -0.39 is 0 Å². The molecule has 126 valence electrons. The molecule has 3 atom stereocenters. The number of hydrogen-bond acceptors (Lipinski definition) is 4. The van der Waals surface area contributed by atoms with Gasteiger partial charge in [0.25, 0.3) is 0 Å². The number of nitrogens with zero attached hydrogens (tertiary/aromatic N) is 1. The maximum Gasteiger partial charge on any atom is 0.228 e. The molecule has 2 bridgehead atoms. The predicted molar refractivity (Wildman–Crippen MR) is 91.1 cm³/mol. The highest BCUT2D eigenvalue weighted by molar-refractivity contribution is 5.84. The van der Waals surface area contributed by atoms with Crippen LogP contribution in [0.2, 0.25) is 0 Å². The van der Waals surface area contributed by atoms with Gasteiger partial charge in [0, 0.05) is 17.6 Å². The Kier molecular flexibility index (Phi) is 3.88. The standard InChI is InChI=1S/C19H23N3O2/c1-2-19(10-14-8-9-16(19)21-14)18(23)20-11-15-12-24-17(22-15)13-6-4-3-5-7-13/h3-7,12,14,16,21H,2,8-11H2,1H3,(H,20,23)/t14-,16+,19+/m0/s1. The van der Waals surface area contributed by atoms with Gasteiger partial charge in [-0.2, -0.15) is 0 Å². The van der Waals surface area contributed by atoms with Crippen LogP contribution < -0.4 is 10.6 Å². The molecule has 4 rings (SSSR count). The van der Waals surface area contributed by atoms with Gasteiger partial charge in [0.05, 0.1) is 17.7 Å². The van der Waals surface area contributed by atoms with Gasteiger partial charge in [0.2, 0.25) is 11.8 Å². The molecule has 0 saturated carbocycles. The summed E-state index contributed by atoms with van der Waals surface area (Å²) < 4.78 is 5.53. The Balaban J connectivity index is 1.42. The lowest BCUT2D eigenvalue weighted by Crippen LogP contribution is -2.47. The minimum Gasteiger partial charge on any atom is -0.444 e. The monoisotopic (exact) mass is 325 g/mol. The largest absolute Gasteiger partial charge is 0.444 e. The van der Waals surface area contributed by atoms with E-state index in [1.807, 2.05) is 30.3 Å². The van der Waals surface area contributed by atoms with E-state index in [1.165, 1.54) is 6.42 Å². The molecule has 0 aliphatic carbocycles. The topological polar surface area (TPSA) is 67.2 Å². The van der Waals surface area contributed by atoms with Crippen LogP contribution in [0, 0.1) is 5.41 Å². The van der Waals surface area contributed by atoms with Crippen molar-refractivity contribution in [1.82, 2.24) is 15.6 Å². The maximum atomic E-state index is 12.8. The van der Waals surface area contributed by atoms with Gasteiger partial charge in [-0.15, -0.1) is 0 Å². The number of carbonyl (C=O) groups is 1. The highest BCUT2D eigenvalue weighted by atomic mass is 16.3. The van der Waals surface area contributed by atoms with Crippen LogP contribution in [0.15, 0.2) is 41.0 Å². The van der Waals surface area contributed by atoms with E-state index in [2.05, 4.69) is 22.5 Å². The van der Waals surface area contributed by atoms with Crippen LogP contribution in [-0.4, -0.2) is 23.0 Å². The smallest absolute Gasteiger partial charge is 0.228 e. The molecule has 2 aliphatic heterocycles. The van der Waals surface area contributed by atoms with Crippen molar-refractivity contribution in [3.8, 4) is 11.5 Å². The van der Waals surface area contributed by atoms with Crippen molar-refractivity contribution < 1.29 is 9.21 Å². The van der Waals surface area contributed by atoms with Crippen molar-refractivity contribution in [2.24, 2.45) is 5.41 Å². The van der Waals surface area contributed by atoms with Gasteiger partial charge in [0.15, 0.2) is 0 Å². The van der Waals surface area contributed by atoms with Crippen molar-refractivity contribution >= 4 is 5.91 Å². The number of amides is 1. The van der Waals surface area contributed by atoms with Gasteiger partial charge < -0.3 is 15.1 Å². The molecule has 1 amide bonds. The summed E-state index contributed by atoms with van der Waals surface area (Å²) in [6, 6.07) is 10.6. The lowest BCUT2D eigenvalue weighted by Gasteiger charge is -2.34. The Morgan fingerprint density at radius 3 is 2.88 bits per heavy atom. The van der Waals surface area contributed by atoms with Gasteiger partial charge in [-0.1, -0.05) is 25.1 Å². The minimum absolute atomic E-state index is 0.147. The summed E-state index contributed by atoms with van der Waals surface area (Å²) in [6.45, 7) is 2.53. The van der Waals surface area contributed by atoms with Crippen molar-refractivity contribution in [3.63, 3.8) is 0 Å². The minimum atomic E-state index is -0.255. The van der Waals surface area contributed by atoms with Crippen LogP contribution in [0.25, 0.3) is 11.5 Å². The molecule has 5 nitrogen and oxygen atoms in total. The molecule has 0 spiro atoms. The lowest BCUT2D eigenvalue weighted by atomic mass is 9.71. The molecule has 2 saturated heterocycles. The van der Waals surface area contributed by atoms with Gasteiger partial charge in [0.1, 0.15) is 6.26 Å². The van der Waals surface area contributed by atoms with Crippen molar-refractivity contribution in [2.75, 3.05) is 0 Å².